The number of carbonyl (C=O) groups excluding carboxylic acids is 1. The highest BCUT2D eigenvalue weighted by Gasteiger charge is 2.19. The molecular formula is C22H25N3O6. The maximum atomic E-state index is 12.9. The summed E-state index contributed by atoms with van der Waals surface area (Å²) >= 11 is 0. The Hall–Kier alpha value is -3.46. The standard InChI is InChI=1S/C22H25N3O6/c1-27-17-8-6-15(11-19(17)28-2)24-22(23-12-16-4-3-9-29-16)25-21(26)14-5-7-18-20(10-14)31-13-30-18/h5-8,10-11,16H,3-4,9,12-13H2,1-2H3,(H2,23,24,25,26). The van der Waals surface area contributed by atoms with E-state index >= 15 is 0 Å². The Morgan fingerprint density at radius 3 is 2.71 bits per heavy atom. The van der Waals surface area contributed by atoms with Crippen molar-refractivity contribution in [2.24, 2.45) is 4.99 Å². The summed E-state index contributed by atoms with van der Waals surface area (Å²) in [6, 6.07) is 10.4. The smallest absolute Gasteiger partial charge is 0.258 e. The number of aliphatic imine (C=N–C) groups is 1. The van der Waals surface area contributed by atoms with Gasteiger partial charge in [-0.1, -0.05) is 0 Å². The predicted molar refractivity (Wildman–Crippen MR) is 114 cm³/mol. The third kappa shape index (κ3) is 5.00. The molecule has 1 amide bonds. The average molecular weight is 427 g/mol. The van der Waals surface area contributed by atoms with Gasteiger partial charge in [0.2, 0.25) is 12.8 Å². The molecule has 164 valence electrons. The number of amides is 1. The normalized spacial score (nSPS) is 17.4. The van der Waals surface area contributed by atoms with Crippen molar-refractivity contribution in [1.29, 1.82) is 0 Å². The molecule has 1 atom stereocenters. The Morgan fingerprint density at radius 1 is 1.10 bits per heavy atom. The first-order valence-corrected chi connectivity index (χ1v) is 10.0. The molecule has 31 heavy (non-hydrogen) atoms. The van der Waals surface area contributed by atoms with Gasteiger partial charge in [-0.2, -0.15) is 0 Å². The summed E-state index contributed by atoms with van der Waals surface area (Å²) < 4.78 is 26.9. The molecule has 4 rings (SSSR count). The predicted octanol–water partition coefficient (Wildman–Crippen LogP) is 2.81. The average Bonchev–Trinajstić information content (AvgIpc) is 3.48. The van der Waals surface area contributed by atoms with E-state index in [1.54, 1.807) is 44.6 Å². The van der Waals surface area contributed by atoms with Gasteiger partial charge in [-0.3, -0.25) is 10.1 Å². The van der Waals surface area contributed by atoms with Crippen molar-refractivity contribution in [3.8, 4) is 23.0 Å². The maximum absolute atomic E-state index is 12.9. The summed E-state index contributed by atoms with van der Waals surface area (Å²) in [5.41, 5.74) is 1.12. The minimum atomic E-state index is -0.322. The van der Waals surface area contributed by atoms with Crippen molar-refractivity contribution in [2.75, 3.05) is 39.5 Å². The zero-order valence-electron chi connectivity index (χ0n) is 17.5. The van der Waals surface area contributed by atoms with Crippen molar-refractivity contribution < 1.29 is 28.5 Å². The second-order valence-corrected chi connectivity index (χ2v) is 7.04. The number of anilines is 1. The maximum Gasteiger partial charge on any atom is 0.258 e. The van der Waals surface area contributed by atoms with Gasteiger partial charge in [-0.15, -0.1) is 0 Å². The third-order valence-corrected chi connectivity index (χ3v) is 4.99. The highest BCUT2D eigenvalue weighted by molar-refractivity contribution is 6.10. The Kier molecular flexibility index (Phi) is 6.42. The van der Waals surface area contributed by atoms with Crippen LogP contribution in [0.3, 0.4) is 0 Å². The zero-order valence-corrected chi connectivity index (χ0v) is 17.5. The van der Waals surface area contributed by atoms with Gasteiger partial charge in [0.05, 0.1) is 26.9 Å². The Bertz CT molecular complexity index is 972. The van der Waals surface area contributed by atoms with Gasteiger partial charge in [0.25, 0.3) is 5.91 Å². The molecule has 2 aromatic carbocycles. The second kappa shape index (κ2) is 9.57. The molecule has 2 aromatic rings. The number of fused-ring (bicyclic) bond motifs is 1. The summed E-state index contributed by atoms with van der Waals surface area (Å²) in [6.45, 7) is 1.33. The van der Waals surface area contributed by atoms with E-state index in [2.05, 4.69) is 15.6 Å². The van der Waals surface area contributed by atoms with E-state index in [9.17, 15) is 4.79 Å². The van der Waals surface area contributed by atoms with Crippen molar-refractivity contribution in [3.63, 3.8) is 0 Å². The van der Waals surface area contributed by atoms with Crippen LogP contribution in [0.4, 0.5) is 5.69 Å². The SMILES string of the molecule is COc1ccc(NC(=NCC2CCCO2)NC(=O)c2ccc3c(c2)OCO3)cc1OC. The van der Waals surface area contributed by atoms with Crippen molar-refractivity contribution in [3.05, 3.63) is 42.0 Å². The number of carbonyl (C=O) groups is 1. The van der Waals surface area contributed by atoms with E-state index in [4.69, 9.17) is 23.7 Å². The quantitative estimate of drug-likeness (QED) is 0.540. The largest absolute Gasteiger partial charge is 0.493 e. The fraction of sp³-hybridized carbons (Fsp3) is 0.364. The Balaban J connectivity index is 1.52. The number of nitrogens with zero attached hydrogens (tertiary/aromatic N) is 1. The lowest BCUT2D eigenvalue weighted by Gasteiger charge is -2.15. The molecule has 0 radical (unpaired) electrons. The highest BCUT2D eigenvalue weighted by Crippen LogP contribution is 2.32. The molecular weight excluding hydrogens is 402 g/mol. The van der Waals surface area contributed by atoms with Gasteiger partial charge in [0, 0.05) is 23.9 Å². The number of benzene rings is 2. The van der Waals surface area contributed by atoms with Crippen molar-refractivity contribution in [2.45, 2.75) is 18.9 Å². The van der Waals surface area contributed by atoms with Crippen LogP contribution in [0.1, 0.15) is 23.2 Å². The summed E-state index contributed by atoms with van der Waals surface area (Å²) in [5.74, 6) is 2.32. The minimum Gasteiger partial charge on any atom is -0.493 e. The molecule has 1 unspecified atom stereocenters. The van der Waals surface area contributed by atoms with Crippen LogP contribution >= 0.6 is 0 Å². The number of methoxy groups -OCH3 is 2. The van der Waals surface area contributed by atoms with Crippen LogP contribution < -0.4 is 29.6 Å². The van der Waals surface area contributed by atoms with E-state index in [0.717, 1.165) is 19.4 Å². The molecule has 0 aromatic heterocycles. The van der Waals surface area contributed by atoms with Crippen LogP contribution in [0, 0.1) is 0 Å². The van der Waals surface area contributed by atoms with Crippen LogP contribution in [-0.2, 0) is 4.74 Å². The first kappa shape index (κ1) is 20.8. The molecule has 0 spiro atoms. The molecule has 0 bridgehead atoms. The summed E-state index contributed by atoms with van der Waals surface area (Å²) in [4.78, 5) is 17.4. The number of rotatable bonds is 6. The molecule has 9 heteroatoms. The molecule has 1 saturated heterocycles. The van der Waals surface area contributed by atoms with Gasteiger partial charge < -0.3 is 29.0 Å². The van der Waals surface area contributed by atoms with Gasteiger partial charge in [-0.25, -0.2) is 4.99 Å². The monoisotopic (exact) mass is 427 g/mol. The Morgan fingerprint density at radius 2 is 1.94 bits per heavy atom. The van der Waals surface area contributed by atoms with Crippen LogP contribution in [0.5, 0.6) is 23.0 Å². The number of hydrogen-bond donors (Lipinski definition) is 2. The molecule has 2 N–H and O–H groups in total. The lowest BCUT2D eigenvalue weighted by Crippen LogP contribution is -2.36. The van der Waals surface area contributed by atoms with E-state index in [1.807, 2.05) is 6.07 Å². The van der Waals surface area contributed by atoms with Gasteiger partial charge in [0.15, 0.2) is 23.0 Å². The molecule has 9 nitrogen and oxygen atoms in total. The van der Waals surface area contributed by atoms with E-state index in [0.29, 0.717) is 46.8 Å². The number of guanidine groups is 1. The number of hydrogen-bond acceptors (Lipinski definition) is 7. The minimum absolute atomic E-state index is 0.0460. The van der Waals surface area contributed by atoms with E-state index < -0.39 is 0 Å². The van der Waals surface area contributed by atoms with Crippen LogP contribution in [0.2, 0.25) is 0 Å². The highest BCUT2D eigenvalue weighted by atomic mass is 16.7. The van der Waals surface area contributed by atoms with E-state index in [-0.39, 0.29) is 18.8 Å². The van der Waals surface area contributed by atoms with Crippen LogP contribution in [0.15, 0.2) is 41.4 Å². The number of ether oxygens (including phenoxy) is 5. The lowest BCUT2D eigenvalue weighted by molar-refractivity contribution is 0.0975. The lowest BCUT2D eigenvalue weighted by atomic mass is 10.2. The summed E-state index contributed by atoms with van der Waals surface area (Å²) in [7, 11) is 3.14. The van der Waals surface area contributed by atoms with Gasteiger partial charge in [0.1, 0.15) is 0 Å². The molecule has 2 aliphatic rings. The first-order chi connectivity index (χ1) is 15.2. The number of nitrogens with one attached hydrogen (secondary N) is 2. The molecule has 0 saturated carbocycles. The van der Waals surface area contributed by atoms with Gasteiger partial charge in [-0.05, 0) is 43.2 Å². The Labute approximate surface area is 180 Å². The summed E-state index contributed by atoms with van der Waals surface area (Å²) in [6.07, 6.45) is 2.01. The van der Waals surface area contributed by atoms with Crippen LogP contribution in [0.25, 0.3) is 0 Å². The fourth-order valence-corrected chi connectivity index (χ4v) is 3.36. The van der Waals surface area contributed by atoms with Crippen LogP contribution in [-0.4, -0.2) is 52.1 Å². The van der Waals surface area contributed by atoms with Gasteiger partial charge >= 0.3 is 0 Å². The first-order valence-electron chi connectivity index (χ1n) is 10.0. The molecule has 1 fully saturated rings. The summed E-state index contributed by atoms with van der Waals surface area (Å²) in [5, 5.41) is 5.99. The zero-order chi connectivity index (χ0) is 21.6. The third-order valence-electron chi connectivity index (χ3n) is 4.99. The van der Waals surface area contributed by atoms with E-state index in [1.165, 1.54) is 0 Å². The van der Waals surface area contributed by atoms with Crippen molar-refractivity contribution in [1.82, 2.24) is 5.32 Å². The molecule has 2 heterocycles. The topological polar surface area (TPSA) is 99.6 Å². The molecule has 2 aliphatic heterocycles. The second-order valence-electron chi connectivity index (χ2n) is 7.04. The fourth-order valence-electron chi connectivity index (χ4n) is 3.36. The van der Waals surface area contributed by atoms with Crippen molar-refractivity contribution >= 4 is 17.6 Å². The molecule has 0 aliphatic carbocycles.